The van der Waals surface area contributed by atoms with Crippen molar-refractivity contribution in [2.75, 3.05) is 32.7 Å². The van der Waals surface area contributed by atoms with Crippen LogP contribution >= 0.6 is 0 Å². The lowest BCUT2D eigenvalue weighted by molar-refractivity contribution is -0.130. The molecule has 7 heteroatoms. The number of benzene rings is 2. The Morgan fingerprint density at radius 1 is 0.966 bits per heavy atom. The zero-order chi connectivity index (χ0) is 20.7. The van der Waals surface area contributed by atoms with Gasteiger partial charge in [-0.15, -0.1) is 0 Å². The molecular weight excluding hydrogens is 386 g/mol. The molecule has 0 atom stereocenters. The van der Waals surface area contributed by atoms with E-state index >= 15 is 0 Å². The summed E-state index contributed by atoms with van der Waals surface area (Å²) in [5.41, 5.74) is 2.28. The van der Waals surface area contributed by atoms with E-state index < -0.39 is 10.0 Å². The zero-order valence-electron chi connectivity index (χ0n) is 16.9. The van der Waals surface area contributed by atoms with Crippen molar-refractivity contribution in [2.45, 2.75) is 31.2 Å². The lowest BCUT2D eigenvalue weighted by atomic mass is 10.2. The summed E-state index contributed by atoms with van der Waals surface area (Å²) in [4.78, 5) is 17.0. The van der Waals surface area contributed by atoms with Crippen molar-refractivity contribution in [2.24, 2.45) is 0 Å². The highest BCUT2D eigenvalue weighted by Gasteiger charge is 2.20. The van der Waals surface area contributed by atoms with E-state index in [1.165, 1.54) is 5.56 Å². The number of sulfonamides is 1. The monoisotopic (exact) mass is 415 g/mol. The van der Waals surface area contributed by atoms with Gasteiger partial charge in [0.05, 0.1) is 4.90 Å². The van der Waals surface area contributed by atoms with Crippen molar-refractivity contribution in [3.05, 3.63) is 65.7 Å². The maximum Gasteiger partial charge on any atom is 0.240 e. The Bertz CT molecular complexity index is 899. The molecule has 0 aromatic heterocycles. The summed E-state index contributed by atoms with van der Waals surface area (Å²) >= 11 is 0. The summed E-state index contributed by atoms with van der Waals surface area (Å²) in [5.74, 6) is -0.00170. The molecule has 1 saturated heterocycles. The summed E-state index contributed by atoms with van der Waals surface area (Å²) in [6.07, 6.45) is 1.09. The minimum Gasteiger partial charge on any atom is -0.341 e. The summed E-state index contributed by atoms with van der Waals surface area (Å²) in [7, 11) is -3.58. The first kappa shape index (κ1) is 21.5. The number of nitrogens with one attached hydrogen (secondary N) is 1. The molecule has 0 saturated carbocycles. The van der Waals surface area contributed by atoms with Gasteiger partial charge in [-0.1, -0.05) is 48.0 Å². The van der Waals surface area contributed by atoms with E-state index in [0.29, 0.717) is 6.54 Å². The molecule has 2 aromatic rings. The first-order valence-corrected chi connectivity index (χ1v) is 11.5. The number of hydrogen-bond acceptors (Lipinski definition) is 4. The van der Waals surface area contributed by atoms with Gasteiger partial charge in [-0.2, -0.15) is 0 Å². The van der Waals surface area contributed by atoms with Crippen LogP contribution in [-0.4, -0.2) is 56.8 Å². The Hall–Kier alpha value is -2.22. The summed E-state index contributed by atoms with van der Waals surface area (Å²) in [6, 6.07) is 17.0. The molecule has 29 heavy (non-hydrogen) atoms. The second-order valence-electron chi connectivity index (χ2n) is 7.46. The summed E-state index contributed by atoms with van der Waals surface area (Å²) in [6.45, 7) is 6.09. The maximum atomic E-state index is 12.6. The molecule has 3 rings (SSSR count). The van der Waals surface area contributed by atoms with Crippen LogP contribution in [0.15, 0.2) is 59.5 Å². The highest BCUT2D eigenvalue weighted by atomic mass is 32.2. The molecular formula is C22H29N3O3S. The molecule has 1 fully saturated rings. The van der Waals surface area contributed by atoms with Crippen molar-refractivity contribution >= 4 is 15.9 Å². The summed E-state index contributed by atoms with van der Waals surface area (Å²) in [5, 5.41) is 0. The van der Waals surface area contributed by atoms with E-state index in [9.17, 15) is 13.2 Å². The number of rotatable bonds is 7. The molecule has 0 bridgehead atoms. The number of hydrogen-bond donors (Lipinski definition) is 1. The first-order chi connectivity index (χ1) is 13.9. The van der Waals surface area contributed by atoms with E-state index in [2.05, 4.69) is 21.8 Å². The van der Waals surface area contributed by atoms with Gasteiger partial charge in [0.15, 0.2) is 0 Å². The minimum absolute atomic E-state index is 0.00170. The third kappa shape index (κ3) is 6.39. The van der Waals surface area contributed by atoms with E-state index in [1.54, 1.807) is 24.3 Å². The van der Waals surface area contributed by atoms with E-state index in [1.807, 2.05) is 30.0 Å². The van der Waals surface area contributed by atoms with Gasteiger partial charge >= 0.3 is 0 Å². The highest BCUT2D eigenvalue weighted by Crippen LogP contribution is 2.11. The molecule has 6 nitrogen and oxygen atoms in total. The fraction of sp³-hybridized carbons (Fsp3) is 0.409. The van der Waals surface area contributed by atoms with Crippen LogP contribution in [0, 0.1) is 6.92 Å². The number of aryl methyl sites for hydroxylation is 1. The Kier molecular flexibility index (Phi) is 7.41. The van der Waals surface area contributed by atoms with Gasteiger partial charge in [0.2, 0.25) is 15.9 Å². The topological polar surface area (TPSA) is 69.7 Å². The summed E-state index contributed by atoms with van der Waals surface area (Å²) < 4.78 is 27.2. The van der Waals surface area contributed by atoms with Crippen LogP contribution in [-0.2, 0) is 21.4 Å². The molecule has 156 valence electrons. The maximum absolute atomic E-state index is 12.6. The number of nitrogens with zero attached hydrogens (tertiary/aromatic N) is 2. The first-order valence-electron chi connectivity index (χ1n) is 10.0. The van der Waals surface area contributed by atoms with Crippen molar-refractivity contribution in [1.29, 1.82) is 0 Å². The van der Waals surface area contributed by atoms with Crippen LogP contribution in [0.2, 0.25) is 0 Å². The average molecular weight is 416 g/mol. The lowest BCUT2D eigenvalue weighted by Crippen LogP contribution is -2.37. The third-order valence-electron chi connectivity index (χ3n) is 5.15. The van der Waals surface area contributed by atoms with Crippen LogP contribution in [0.3, 0.4) is 0 Å². The molecule has 1 amide bonds. The van der Waals surface area contributed by atoms with Crippen molar-refractivity contribution in [3.8, 4) is 0 Å². The predicted octanol–water partition coefficient (Wildman–Crippen LogP) is 2.40. The van der Waals surface area contributed by atoms with Crippen molar-refractivity contribution < 1.29 is 13.2 Å². The Labute approximate surface area is 173 Å². The standard InChI is InChI=1S/C22H29N3O3S/c1-19-8-10-21(11-9-19)29(27,28)23-13-12-22(26)25-15-5-14-24(16-17-25)18-20-6-3-2-4-7-20/h2-4,6-11,23H,5,12-18H2,1H3. The Morgan fingerprint density at radius 3 is 2.41 bits per heavy atom. The quantitative estimate of drug-likeness (QED) is 0.754. The third-order valence-corrected chi connectivity index (χ3v) is 6.63. The molecule has 0 unspecified atom stereocenters. The lowest BCUT2D eigenvalue weighted by Gasteiger charge is -2.22. The number of carbonyl (C=O) groups excluding carboxylic acids is 1. The molecule has 0 spiro atoms. The molecule has 2 aromatic carbocycles. The van der Waals surface area contributed by atoms with Crippen molar-refractivity contribution in [3.63, 3.8) is 0 Å². The van der Waals surface area contributed by atoms with Crippen LogP contribution in [0.1, 0.15) is 24.0 Å². The molecule has 1 N–H and O–H groups in total. The molecule has 1 aliphatic heterocycles. The molecule has 1 heterocycles. The second-order valence-corrected chi connectivity index (χ2v) is 9.22. The van der Waals surface area contributed by atoms with Crippen molar-refractivity contribution in [1.82, 2.24) is 14.5 Å². The van der Waals surface area contributed by atoms with Gasteiger partial charge in [-0.25, -0.2) is 13.1 Å². The fourth-order valence-corrected chi connectivity index (χ4v) is 4.50. The van der Waals surface area contributed by atoms with E-state index in [-0.39, 0.29) is 23.8 Å². The fourth-order valence-electron chi connectivity index (χ4n) is 3.47. The van der Waals surface area contributed by atoms with Gasteiger partial charge in [-0.05, 0) is 31.0 Å². The van der Waals surface area contributed by atoms with Crippen LogP contribution in [0.5, 0.6) is 0 Å². The van der Waals surface area contributed by atoms with Crippen LogP contribution < -0.4 is 4.72 Å². The van der Waals surface area contributed by atoms with Crippen LogP contribution in [0.4, 0.5) is 0 Å². The molecule has 0 aliphatic carbocycles. The SMILES string of the molecule is Cc1ccc(S(=O)(=O)NCCC(=O)N2CCCN(Cc3ccccc3)CC2)cc1. The van der Waals surface area contributed by atoms with Gasteiger partial charge in [0, 0.05) is 45.7 Å². The van der Waals surface area contributed by atoms with Gasteiger partial charge in [0.25, 0.3) is 0 Å². The Morgan fingerprint density at radius 2 is 1.69 bits per heavy atom. The Balaban J connectivity index is 1.45. The zero-order valence-corrected chi connectivity index (χ0v) is 17.7. The predicted molar refractivity (Wildman–Crippen MR) is 114 cm³/mol. The largest absolute Gasteiger partial charge is 0.341 e. The smallest absolute Gasteiger partial charge is 0.240 e. The molecule has 1 aliphatic rings. The van der Waals surface area contributed by atoms with Gasteiger partial charge < -0.3 is 4.90 Å². The van der Waals surface area contributed by atoms with E-state index in [4.69, 9.17) is 0 Å². The average Bonchev–Trinajstić information content (AvgIpc) is 2.94. The molecule has 0 radical (unpaired) electrons. The minimum atomic E-state index is -3.58. The second kappa shape index (κ2) is 10.0. The number of carbonyl (C=O) groups is 1. The highest BCUT2D eigenvalue weighted by molar-refractivity contribution is 7.89. The van der Waals surface area contributed by atoms with Crippen LogP contribution in [0.25, 0.3) is 0 Å². The number of amides is 1. The normalized spacial score (nSPS) is 15.8. The van der Waals surface area contributed by atoms with E-state index in [0.717, 1.165) is 38.2 Å². The van der Waals surface area contributed by atoms with Gasteiger partial charge in [-0.3, -0.25) is 9.69 Å². The van der Waals surface area contributed by atoms with Gasteiger partial charge in [0.1, 0.15) is 0 Å².